The Morgan fingerprint density at radius 1 is 1.15 bits per heavy atom. The number of hydrogen-bond donors (Lipinski definition) is 1. The number of rotatable bonds is 4. The number of fused-ring (bicyclic) bond motifs is 3. The fourth-order valence-electron chi connectivity index (χ4n) is 5.44. The zero-order valence-corrected chi connectivity index (χ0v) is 18.5. The smallest absolute Gasteiger partial charge is 0.290 e. The van der Waals surface area contributed by atoms with Crippen molar-refractivity contribution in [2.45, 2.75) is 24.5 Å². The first kappa shape index (κ1) is 20.7. The molecule has 0 bridgehead atoms. The van der Waals surface area contributed by atoms with E-state index in [0.717, 1.165) is 12.8 Å². The van der Waals surface area contributed by atoms with E-state index in [2.05, 4.69) is 0 Å². The molecule has 34 heavy (non-hydrogen) atoms. The topological polar surface area (TPSA) is 100 Å². The summed E-state index contributed by atoms with van der Waals surface area (Å²) in [5.74, 6) is -2.73. The number of carbonyl (C=O) groups is 3. The number of ketones is 1. The van der Waals surface area contributed by atoms with Crippen LogP contribution in [0.15, 0.2) is 70.3 Å². The quantitative estimate of drug-likeness (QED) is 0.602. The number of aliphatic hydroxyl groups excluding tert-OH is 1. The highest BCUT2D eigenvalue weighted by Crippen LogP contribution is 2.53. The van der Waals surface area contributed by atoms with Crippen LogP contribution in [0.3, 0.4) is 0 Å². The molecule has 1 spiro atoms. The van der Waals surface area contributed by atoms with Gasteiger partial charge in [0.15, 0.2) is 17.1 Å². The van der Waals surface area contributed by atoms with E-state index in [9.17, 15) is 19.5 Å². The minimum absolute atomic E-state index is 0.0475. The highest BCUT2D eigenvalue weighted by Gasteiger charge is 2.65. The van der Waals surface area contributed by atoms with Crippen LogP contribution in [0.2, 0.25) is 0 Å². The van der Waals surface area contributed by atoms with Gasteiger partial charge >= 0.3 is 0 Å². The molecule has 1 fully saturated rings. The van der Waals surface area contributed by atoms with Crippen LogP contribution >= 0.6 is 0 Å². The van der Waals surface area contributed by atoms with Crippen LogP contribution in [0.25, 0.3) is 11.0 Å². The molecule has 1 saturated heterocycles. The van der Waals surface area contributed by atoms with E-state index >= 15 is 0 Å². The van der Waals surface area contributed by atoms with E-state index in [1.165, 1.54) is 9.80 Å². The minimum Gasteiger partial charge on any atom is -0.503 e. The number of amides is 2. The van der Waals surface area contributed by atoms with E-state index in [4.69, 9.17) is 9.15 Å². The second-order valence-corrected chi connectivity index (χ2v) is 8.84. The van der Waals surface area contributed by atoms with Gasteiger partial charge in [0.1, 0.15) is 5.58 Å². The van der Waals surface area contributed by atoms with Crippen molar-refractivity contribution in [3.63, 3.8) is 0 Å². The number of likely N-dealkylation sites (N-methyl/N-ethyl adjacent to an activating group) is 1. The number of furan rings is 1. The van der Waals surface area contributed by atoms with Crippen molar-refractivity contribution in [3.8, 4) is 0 Å². The van der Waals surface area contributed by atoms with Crippen LogP contribution in [-0.4, -0.2) is 53.9 Å². The van der Waals surface area contributed by atoms with Crippen molar-refractivity contribution in [3.05, 3.63) is 77.3 Å². The van der Waals surface area contributed by atoms with E-state index < -0.39 is 28.9 Å². The van der Waals surface area contributed by atoms with Gasteiger partial charge in [-0.2, -0.15) is 0 Å². The molecular weight excluding hydrogens is 436 g/mol. The van der Waals surface area contributed by atoms with E-state index in [1.807, 2.05) is 6.07 Å². The highest BCUT2D eigenvalue weighted by molar-refractivity contribution is 6.26. The van der Waals surface area contributed by atoms with Gasteiger partial charge in [0.25, 0.3) is 11.8 Å². The summed E-state index contributed by atoms with van der Waals surface area (Å²) in [7, 11) is 1.60. The average molecular weight is 458 g/mol. The van der Waals surface area contributed by atoms with E-state index in [0.29, 0.717) is 28.8 Å². The van der Waals surface area contributed by atoms with Crippen molar-refractivity contribution in [2.75, 3.05) is 25.1 Å². The highest BCUT2D eigenvalue weighted by atomic mass is 16.5. The molecule has 6 rings (SSSR count). The molecule has 0 radical (unpaired) electrons. The Kier molecular flexibility index (Phi) is 4.44. The molecule has 8 heteroatoms. The molecular formula is C26H22N2O6. The van der Waals surface area contributed by atoms with E-state index in [1.54, 1.807) is 55.6 Å². The summed E-state index contributed by atoms with van der Waals surface area (Å²) in [5, 5.41) is 11.8. The van der Waals surface area contributed by atoms with Crippen LogP contribution in [0.5, 0.6) is 0 Å². The first-order chi connectivity index (χ1) is 16.4. The van der Waals surface area contributed by atoms with Gasteiger partial charge in [-0.05, 0) is 31.0 Å². The SMILES string of the molecule is CN1C(=O)[C@]2(C(C(=O)c3cc4ccccc4o3)=C(O)C(=O)N2C[C@@H]2CCCO2)c2ccccc21. The third kappa shape index (κ3) is 2.60. The Bertz CT molecular complexity index is 1370. The Hall–Kier alpha value is -3.91. The number of carbonyl (C=O) groups excluding carboxylic acids is 3. The van der Waals surface area contributed by atoms with Gasteiger partial charge in [0.2, 0.25) is 5.78 Å². The molecule has 2 atom stereocenters. The fourth-order valence-corrected chi connectivity index (χ4v) is 5.44. The summed E-state index contributed by atoms with van der Waals surface area (Å²) in [6.45, 7) is 0.641. The van der Waals surface area contributed by atoms with Crippen LogP contribution in [0.4, 0.5) is 5.69 Å². The Morgan fingerprint density at radius 3 is 2.68 bits per heavy atom. The molecule has 1 N–H and O–H groups in total. The standard InChI is InChI=1S/C26H22N2O6/c1-27-18-10-4-3-9-17(18)26(25(27)32)21(22(29)20-13-15-7-2-5-11-19(15)34-20)23(30)24(31)28(26)14-16-8-6-12-33-16/h2-5,7,9-11,13,16,30H,6,8,12,14H2,1H3/t16-,26+/m0/s1. The first-order valence-electron chi connectivity index (χ1n) is 11.2. The minimum atomic E-state index is -1.80. The number of Topliss-reactive ketones (excluding diaryl/α,β-unsaturated/α-hetero) is 1. The second kappa shape index (κ2) is 7.30. The van der Waals surface area contributed by atoms with Gasteiger partial charge in [-0.1, -0.05) is 36.4 Å². The number of ether oxygens (including phenoxy) is 1. The van der Waals surface area contributed by atoms with Gasteiger partial charge in [-0.15, -0.1) is 0 Å². The molecule has 3 aromatic rings. The Balaban J connectivity index is 1.57. The maximum absolute atomic E-state index is 13.9. The number of nitrogens with zero attached hydrogens (tertiary/aromatic N) is 2. The number of benzene rings is 2. The summed E-state index contributed by atoms with van der Waals surface area (Å²) in [4.78, 5) is 44.0. The third-order valence-corrected chi connectivity index (χ3v) is 7.01. The zero-order valence-electron chi connectivity index (χ0n) is 18.5. The lowest BCUT2D eigenvalue weighted by atomic mass is 9.81. The number of para-hydroxylation sites is 2. The molecule has 2 amide bonds. The maximum Gasteiger partial charge on any atom is 0.290 e. The summed E-state index contributed by atoms with van der Waals surface area (Å²) < 4.78 is 11.5. The predicted molar refractivity (Wildman–Crippen MR) is 122 cm³/mol. The van der Waals surface area contributed by atoms with E-state index in [-0.39, 0.29) is 24.0 Å². The molecule has 4 heterocycles. The van der Waals surface area contributed by atoms with Crippen molar-refractivity contribution < 1.29 is 28.6 Å². The molecule has 0 aliphatic carbocycles. The average Bonchev–Trinajstić information content (AvgIpc) is 3.61. The molecule has 1 aromatic heterocycles. The summed E-state index contributed by atoms with van der Waals surface area (Å²) in [5.41, 5.74) is -0.541. The lowest BCUT2D eigenvalue weighted by Crippen LogP contribution is -2.55. The van der Waals surface area contributed by atoms with Crippen LogP contribution in [0.1, 0.15) is 29.0 Å². The van der Waals surface area contributed by atoms with Crippen molar-refractivity contribution >= 4 is 34.3 Å². The molecule has 3 aliphatic heterocycles. The number of hydrogen-bond acceptors (Lipinski definition) is 6. The van der Waals surface area contributed by atoms with Gasteiger partial charge in [-0.25, -0.2) is 0 Å². The number of aliphatic hydroxyl groups is 1. The first-order valence-corrected chi connectivity index (χ1v) is 11.2. The molecule has 2 aromatic carbocycles. The van der Waals surface area contributed by atoms with Gasteiger partial charge in [0.05, 0.1) is 11.7 Å². The molecule has 0 unspecified atom stereocenters. The largest absolute Gasteiger partial charge is 0.503 e. The van der Waals surface area contributed by atoms with Gasteiger partial charge in [-0.3, -0.25) is 14.4 Å². The van der Waals surface area contributed by atoms with Crippen molar-refractivity contribution in [2.24, 2.45) is 0 Å². The lowest BCUT2D eigenvalue weighted by Gasteiger charge is -2.36. The van der Waals surface area contributed by atoms with Crippen LogP contribution in [0, 0.1) is 0 Å². The molecule has 0 saturated carbocycles. The zero-order chi connectivity index (χ0) is 23.6. The molecule has 8 nitrogen and oxygen atoms in total. The Morgan fingerprint density at radius 2 is 1.91 bits per heavy atom. The van der Waals surface area contributed by atoms with Crippen molar-refractivity contribution in [1.82, 2.24) is 4.90 Å². The second-order valence-electron chi connectivity index (χ2n) is 8.84. The monoisotopic (exact) mass is 458 g/mol. The maximum atomic E-state index is 13.9. The number of anilines is 1. The molecule has 172 valence electrons. The Labute approximate surface area is 195 Å². The van der Waals surface area contributed by atoms with Crippen LogP contribution in [-0.2, 0) is 19.9 Å². The fraction of sp³-hybridized carbons (Fsp3) is 0.269. The normalized spacial score (nSPS) is 24.2. The third-order valence-electron chi connectivity index (χ3n) is 7.01. The van der Waals surface area contributed by atoms with Crippen molar-refractivity contribution in [1.29, 1.82) is 0 Å². The predicted octanol–water partition coefficient (Wildman–Crippen LogP) is 3.32. The van der Waals surface area contributed by atoms with Gasteiger partial charge < -0.3 is 24.1 Å². The summed E-state index contributed by atoms with van der Waals surface area (Å²) in [6.07, 6.45) is 1.27. The van der Waals surface area contributed by atoms with Crippen LogP contribution < -0.4 is 4.90 Å². The molecule has 3 aliphatic rings. The lowest BCUT2D eigenvalue weighted by molar-refractivity contribution is -0.141. The summed E-state index contributed by atoms with van der Waals surface area (Å²) >= 11 is 0. The van der Waals surface area contributed by atoms with Gasteiger partial charge in [0, 0.05) is 36.8 Å². The summed E-state index contributed by atoms with van der Waals surface area (Å²) in [6, 6.07) is 15.7.